The van der Waals surface area contributed by atoms with Gasteiger partial charge in [0.25, 0.3) is 0 Å². The van der Waals surface area contributed by atoms with E-state index in [1.165, 1.54) is 14.2 Å². The molecule has 0 spiro atoms. The number of methoxy groups -OCH3 is 2. The zero-order valence-corrected chi connectivity index (χ0v) is 32.5. The second-order valence-corrected chi connectivity index (χ2v) is 14.1. The summed E-state index contributed by atoms with van der Waals surface area (Å²) in [5, 5.41) is 15.0. The van der Waals surface area contributed by atoms with Crippen LogP contribution in [0.5, 0.6) is 11.5 Å². The first-order chi connectivity index (χ1) is 26.3. The summed E-state index contributed by atoms with van der Waals surface area (Å²) in [6, 6.07) is 5.27. The lowest BCUT2D eigenvalue weighted by Gasteiger charge is -2.16. The van der Waals surface area contributed by atoms with Crippen LogP contribution >= 0.6 is 11.8 Å². The van der Waals surface area contributed by atoms with Crippen molar-refractivity contribution in [2.75, 3.05) is 85.9 Å². The van der Waals surface area contributed by atoms with E-state index in [0.29, 0.717) is 108 Å². The van der Waals surface area contributed by atoms with E-state index < -0.39 is 5.97 Å². The van der Waals surface area contributed by atoms with Gasteiger partial charge < -0.3 is 55.0 Å². The van der Waals surface area contributed by atoms with Crippen LogP contribution in [-0.4, -0.2) is 133 Å². The fourth-order valence-electron chi connectivity index (χ4n) is 5.83. The molecule has 2 fully saturated rings. The number of hydrogen-bond acceptors (Lipinski definition) is 12. The standard InChI is InChI=1S/C37H59N5O11S/c1-48-30-14-13-27(25-28(30)36(46)49-2)53-20-8-17-40-34(45)12-5-11-33(44)39-16-7-19-51-22-24-52-23-21-50-18-6-15-38-32(43)10-4-3-9-31-35-29(26-54-31)41-37(47)42-35/h13-14,25,29,31,35H,3-12,15-24,26H2,1-2H3,(H,38,43)(H,39,44)(H,40,45)(H2,41,42,47)/t29-,31-,35-/m0/s1. The first-order valence-electron chi connectivity index (χ1n) is 18.9. The lowest BCUT2D eigenvalue weighted by atomic mass is 10.0. The van der Waals surface area contributed by atoms with Crippen molar-refractivity contribution in [1.82, 2.24) is 26.6 Å². The van der Waals surface area contributed by atoms with Gasteiger partial charge in [0.1, 0.15) is 17.1 Å². The van der Waals surface area contributed by atoms with Gasteiger partial charge in [-0.2, -0.15) is 11.8 Å². The largest absolute Gasteiger partial charge is 0.496 e. The van der Waals surface area contributed by atoms with Gasteiger partial charge in [0, 0.05) is 63.1 Å². The Hall–Kier alpha value is -3.80. The van der Waals surface area contributed by atoms with Gasteiger partial charge >= 0.3 is 12.0 Å². The highest BCUT2D eigenvalue weighted by Crippen LogP contribution is 2.33. The summed E-state index contributed by atoms with van der Waals surface area (Å²) < 4.78 is 32.2. The maximum absolute atomic E-state index is 12.1. The third-order valence-electron chi connectivity index (χ3n) is 8.70. The van der Waals surface area contributed by atoms with E-state index in [-0.39, 0.29) is 54.2 Å². The van der Waals surface area contributed by atoms with Crippen LogP contribution in [0.4, 0.5) is 4.79 Å². The lowest BCUT2D eigenvalue weighted by Crippen LogP contribution is -2.36. The third kappa shape index (κ3) is 18.0. The van der Waals surface area contributed by atoms with Crippen molar-refractivity contribution >= 4 is 41.5 Å². The highest BCUT2D eigenvalue weighted by atomic mass is 32.2. The molecule has 0 radical (unpaired) electrons. The quantitative estimate of drug-likeness (QED) is 0.0434. The topological polar surface area (TPSA) is 201 Å². The molecule has 5 amide bonds. The first kappa shape index (κ1) is 44.6. The van der Waals surface area contributed by atoms with E-state index in [0.717, 1.165) is 31.4 Å². The van der Waals surface area contributed by atoms with Crippen LogP contribution < -0.4 is 36.1 Å². The van der Waals surface area contributed by atoms with Crippen molar-refractivity contribution in [2.24, 2.45) is 0 Å². The van der Waals surface area contributed by atoms with Gasteiger partial charge in [-0.1, -0.05) is 6.42 Å². The van der Waals surface area contributed by atoms with Crippen molar-refractivity contribution in [3.8, 4) is 11.5 Å². The van der Waals surface area contributed by atoms with Crippen LogP contribution in [-0.2, 0) is 33.3 Å². The summed E-state index contributed by atoms with van der Waals surface area (Å²) in [5.74, 6) is 1.16. The minimum absolute atomic E-state index is 0.0629. The summed E-state index contributed by atoms with van der Waals surface area (Å²) >= 11 is 1.90. The normalized spacial score (nSPS) is 17.2. The monoisotopic (exact) mass is 781 g/mol. The van der Waals surface area contributed by atoms with Gasteiger partial charge in [-0.05, 0) is 56.7 Å². The second-order valence-electron chi connectivity index (χ2n) is 12.9. The van der Waals surface area contributed by atoms with Crippen molar-refractivity contribution in [1.29, 1.82) is 0 Å². The molecule has 16 nitrogen and oxygen atoms in total. The van der Waals surface area contributed by atoms with Crippen LogP contribution in [0.2, 0.25) is 0 Å². The number of thioether (sulfide) groups is 1. The summed E-state index contributed by atoms with van der Waals surface area (Å²) in [7, 11) is 2.76. The molecule has 0 aromatic heterocycles. The number of esters is 1. The Balaban J connectivity index is 1.01. The van der Waals surface area contributed by atoms with E-state index in [2.05, 4.69) is 26.6 Å². The molecule has 1 aromatic rings. The number of ether oxygens (including phenoxy) is 6. The van der Waals surface area contributed by atoms with E-state index in [4.69, 9.17) is 28.4 Å². The predicted molar refractivity (Wildman–Crippen MR) is 203 cm³/mol. The summed E-state index contributed by atoms with van der Waals surface area (Å²) in [6.45, 7) is 4.74. The average molecular weight is 782 g/mol. The maximum atomic E-state index is 12.1. The van der Waals surface area contributed by atoms with Gasteiger partial charge in [-0.15, -0.1) is 0 Å². The van der Waals surface area contributed by atoms with Gasteiger partial charge in [-0.25, -0.2) is 9.59 Å². The number of hydrogen-bond donors (Lipinski definition) is 5. The molecule has 0 unspecified atom stereocenters. The number of carbonyl (C=O) groups is 5. The molecule has 0 aliphatic carbocycles. The molecular formula is C37H59N5O11S. The number of fused-ring (bicyclic) bond motifs is 1. The number of benzene rings is 1. The van der Waals surface area contributed by atoms with Crippen molar-refractivity contribution in [3.05, 3.63) is 23.8 Å². The fraction of sp³-hybridized carbons (Fsp3) is 0.703. The number of urea groups is 1. The minimum atomic E-state index is -0.520. The van der Waals surface area contributed by atoms with Crippen LogP contribution in [0, 0.1) is 0 Å². The van der Waals surface area contributed by atoms with Crippen molar-refractivity contribution in [2.45, 2.75) is 81.5 Å². The van der Waals surface area contributed by atoms with Crippen LogP contribution in [0.25, 0.3) is 0 Å². The maximum Gasteiger partial charge on any atom is 0.341 e. The molecule has 0 bridgehead atoms. The van der Waals surface area contributed by atoms with E-state index in [9.17, 15) is 24.0 Å². The third-order valence-corrected chi connectivity index (χ3v) is 10.2. The molecule has 2 saturated heterocycles. The Labute approximate surface area is 322 Å². The molecule has 5 N–H and O–H groups in total. The van der Waals surface area contributed by atoms with Crippen LogP contribution in [0.15, 0.2) is 18.2 Å². The molecule has 2 aliphatic rings. The van der Waals surface area contributed by atoms with E-state index in [1.54, 1.807) is 18.2 Å². The van der Waals surface area contributed by atoms with Crippen LogP contribution in [0.1, 0.15) is 74.6 Å². The molecule has 0 saturated carbocycles. The molecule has 2 aliphatic heterocycles. The molecule has 54 heavy (non-hydrogen) atoms. The molecule has 3 rings (SSSR count). The number of rotatable bonds is 30. The van der Waals surface area contributed by atoms with Crippen molar-refractivity contribution < 1.29 is 52.4 Å². The molecule has 17 heteroatoms. The summed E-state index contributed by atoms with van der Waals surface area (Å²) in [6.07, 6.45) is 6.30. The van der Waals surface area contributed by atoms with Crippen LogP contribution in [0.3, 0.4) is 0 Å². The Morgan fingerprint density at radius 1 is 0.722 bits per heavy atom. The number of unbranched alkanes of at least 4 members (excludes halogenated alkanes) is 1. The molecule has 3 atom stereocenters. The fourth-order valence-corrected chi connectivity index (χ4v) is 7.37. The molecule has 304 valence electrons. The number of carbonyl (C=O) groups excluding carboxylic acids is 5. The first-order valence-corrected chi connectivity index (χ1v) is 20.0. The van der Waals surface area contributed by atoms with Gasteiger partial charge in [0.15, 0.2) is 0 Å². The van der Waals surface area contributed by atoms with Gasteiger partial charge in [-0.3, -0.25) is 14.4 Å². The average Bonchev–Trinajstić information content (AvgIpc) is 3.73. The molecular weight excluding hydrogens is 722 g/mol. The highest BCUT2D eigenvalue weighted by molar-refractivity contribution is 8.00. The number of amides is 5. The molecule has 1 aromatic carbocycles. The SMILES string of the molecule is COC(=O)c1cc(OCCCNC(=O)CCCC(=O)NCCCOCCOCCOCCCNC(=O)CCCC[C@@H]2SC[C@@H]3NC(=O)N[C@@H]32)ccc1OC. The molecule has 2 heterocycles. The Morgan fingerprint density at radius 2 is 1.30 bits per heavy atom. The van der Waals surface area contributed by atoms with Gasteiger partial charge in [0.2, 0.25) is 17.7 Å². The summed E-state index contributed by atoms with van der Waals surface area (Å²) in [4.78, 5) is 59.6. The van der Waals surface area contributed by atoms with Gasteiger partial charge in [0.05, 0.1) is 59.3 Å². The highest BCUT2D eigenvalue weighted by Gasteiger charge is 2.42. The predicted octanol–water partition coefficient (Wildman–Crippen LogP) is 2.33. The zero-order valence-electron chi connectivity index (χ0n) is 31.7. The Kier molecular flexibility index (Phi) is 22.2. The van der Waals surface area contributed by atoms with E-state index in [1.807, 2.05) is 11.8 Å². The zero-order chi connectivity index (χ0) is 38.8. The Bertz CT molecular complexity index is 1310. The minimum Gasteiger partial charge on any atom is -0.496 e. The van der Waals surface area contributed by atoms with E-state index >= 15 is 0 Å². The smallest absolute Gasteiger partial charge is 0.341 e. The summed E-state index contributed by atoms with van der Waals surface area (Å²) in [5.41, 5.74) is 0.271. The Morgan fingerprint density at radius 3 is 1.89 bits per heavy atom. The second kappa shape index (κ2) is 26.9. The number of nitrogens with one attached hydrogen (secondary N) is 5. The van der Waals surface area contributed by atoms with Crippen molar-refractivity contribution in [3.63, 3.8) is 0 Å². The lowest BCUT2D eigenvalue weighted by molar-refractivity contribution is -0.123.